The van der Waals surface area contributed by atoms with Crippen molar-refractivity contribution in [3.05, 3.63) is 35.9 Å². The van der Waals surface area contributed by atoms with Crippen LogP contribution in [0.4, 0.5) is 13.2 Å². The minimum Gasteiger partial charge on any atom is -0.171 e. The lowest BCUT2D eigenvalue weighted by molar-refractivity contribution is -0.143. The summed E-state index contributed by atoms with van der Waals surface area (Å²) in [5.41, 5.74) is 0.962. The third-order valence-corrected chi connectivity index (χ3v) is 2.01. The van der Waals surface area contributed by atoms with Gasteiger partial charge in [0, 0.05) is 6.42 Å². The number of alkyl halides is 3. The fraction of sp³-hybridized carbons (Fsp3) is 0.455. The van der Waals surface area contributed by atoms with E-state index in [0.29, 0.717) is 6.42 Å². The fourth-order valence-electron chi connectivity index (χ4n) is 1.48. The first-order valence-electron chi connectivity index (χ1n) is 4.58. The molecule has 1 atom stereocenters. The van der Waals surface area contributed by atoms with Crippen molar-refractivity contribution in [2.24, 2.45) is 5.92 Å². The molecule has 0 spiro atoms. The Hall–Kier alpha value is -0.990. The highest BCUT2D eigenvalue weighted by Gasteiger charge is 2.29. The molecule has 0 bridgehead atoms. The van der Waals surface area contributed by atoms with Gasteiger partial charge in [0.15, 0.2) is 0 Å². The lowest BCUT2D eigenvalue weighted by Crippen LogP contribution is -2.14. The summed E-state index contributed by atoms with van der Waals surface area (Å²) in [6.07, 6.45) is -4.27. The highest BCUT2D eigenvalue weighted by molar-refractivity contribution is 5.15. The average molecular weight is 202 g/mol. The second-order valence-corrected chi connectivity index (χ2v) is 3.61. The molecule has 0 nitrogen and oxygen atoms in total. The first-order valence-corrected chi connectivity index (χ1v) is 4.58. The quantitative estimate of drug-likeness (QED) is 0.699. The standard InChI is InChI=1S/C11H13F3/c1-9(8-11(12,13)14)7-10-5-3-2-4-6-10/h2-6,9H,7-8H2,1H3/t9-/m1/s1. The summed E-state index contributed by atoms with van der Waals surface area (Å²) in [7, 11) is 0. The highest BCUT2D eigenvalue weighted by Crippen LogP contribution is 2.26. The SMILES string of the molecule is C[C@H](Cc1ccccc1)CC(F)(F)F. The van der Waals surface area contributed by atoms with Gasteiger partial charge in [0.1, 0.15) is 0 Å². The molecule has 0 radical (unpaired) electrons. The zero-order chi connectivity index (χ0) is 10.6. The van der Waals surface area contributed by atoms with Gasteiger partial charge >= 0.3 is 6.18 Å². The van der Waals surface area contributed by atoms with E-state index in [1.54, 1.807) is 6.92 Å². The number of benzene rings is 1. The molecule has 1 aromatic rings. The fourth-order valence-corrected chi connectivity index (χ4v) is 1.48. The molecule has 1 aromatic carbocycles. The zero-order valence-corrected chi connectivity index (χ0v) is 8.01. The lowest BCUT2D eigenvalue weighted by Gasteiger charge is -2.13. The average Bonchev–Trinajstić information content (AvgIpc) is 2.02. The minimum atomic E-state index is -4.05. The van der Waals surface area contributed by atoms with Gasteiger partial charge in [0.05, 0.1) is 0 Å². The summed E-state index contributed by atoms with van der Waals surface area (Å²) >= 11 is 0. The van der Waals surface area contributed by atoms with E-state index in [-0.39, 0.29) is 5.92 Å². The van der Waals surface area contributed by atoms with Crippen LogP contribution in [0.2, 0.25) is 0 Å². The van der Waals surface area contributed by atoms with Crippen LogP contribution in [-0.2, 0) is 6.42 Å². The predicted molar refractivity (Wildman–Crippen MR) is 50.0 cm³/mol. The molecule has 1 rings (SSSR count). The Kier molecular flexibility index (Phi) is 3.55. The zero-order valence-electron chi connectivity index (χ0n) is 8.01. The lowest BCUT2D eigenvalue weighted by atomic mass is 9.98. The first-order chi connectivity index (χ1) is 6.47. The van der Waals surface area contributed by atoms with Crippen molar-refractivity contribution in [1.29, 1.82) is 0 Å². The topological polar surface area (TPSA) is 0 Å². The van der Waals surface area contributed by atoms with Crippen LogP contribution in [0.5, 0.6) is 0 Å². The maximum absolute atomic E-state index is 12.0. The third-order valence-electron chi connectivity index (χ3n) is 2.01. The van der Waals surface area contributed by atoms with Crippen LogP contribution in [0.3, 0.4) is 0 Å². The summed E-state index contributed by atoms with van der Waals surface area (Å²) in [5, 5.41) is 0. The van der Waals surface area contributed by atoms with Gasteiger partial charge in [-0.2, -0.15) is 13.2 Å². The maximum atomic E-state index is 12.0. The van der Waals surface area contributed by atoms with Gasteiger partial charge in [-0.15, -0.1) is 0 Å². The molecule has 0 aliphatic heterocycles. The summed E-state index contributed by atoms with van der Waals surface area (Å²) < 4.78 is 36.0. The molecule has 0 saturated carbocycles. The van der Waals surface area contributed by atoms with Crippen LogP contribution in [0.1, 0.15) is 18.9 Å². The Labute approximate surface area is 81.8 Å². The molecule has 0 aliphatic carbocycles. The van der Waals surface area contributed by atoms with E-state index in [9.17, 15) is 13.2 Å². The van der Waals surface area contributed by atoms with Gasteiger partial charge in [-0.25, -0.2) is 0 Å². The van der Waals surface area contributed by atoms with E-state index in [1.807, 2.05) is 30.3 Å². The van der Waals surface area contributed by atoms with Gasteiger partial charge in [0.25, 0.3) is 0 Å². The highest BCUT2D eigenvalue weighted by atomic mass is 19.4. The van der Waals surface area contributed by atoms with Crippen molar-refractivity contribution in [3.8, 4) is 0 Å². The second-order valence-electron chi connectivity index (χ2n) is 3.61. The molecular weight excluding hydrogens is 189 g/mol. The molecule has 3 heteroatoms. The smallest absolute Gasteiger partial charge is 0.171 e. The van der Waals surface area contributed by atoms with Crippen LogP contribution in [0.25, 0.3) is 0 Å². The van der Waals surface area contributed by atoms with Gasteiger partial charge in [0.2, 0.25) is 0 Å². The van der Waals surface area contributed by atoms with E-state index in [0.717, 1.165) is 5.56 Å². The molecule has 0 unspecified atom stereocenters. The van der Waals surface area contributed by atoms with E-state index >= 15 is 0 Å². The predicted octanol–water partition coefficient (Wildman–Crippen LogP) is 3.82. The third kappa shape index (κ3) is 4.30. The summed E-state index contributed by atoms with van der Waals surface area (Å²) in [4.78, 5) is 0. The molecule has 78 valence electrons. The Balaban J connectivity index is 2.46. The number of rotatable bonds is 3. The van der Waals surface area contributed by atoms with E-state index in [4.69, 9.17) is 0 Å². The van der Waals surface area contributed by atoms with E-state index in [2.05, 4.69) is 0 Å². The monoisotopic (exact) mass is 202 g/mol. The summed E-state index contributed by atoms with van der Waals surface area (Å²) in [6, 6.07) is 9.25. The Bertz CT molecular complexity index is 264. The van der Waals surface area contributed by atoms with E-state index < -0.39 is 12.6 Å². The largest absolute Gasteiger partial charge is 0.389 e. The van der Waals surface area contributed by atoms with E-state index in [1.165, 1.54) is 0 Å². The van der Waals surface area contributed by atoms with Gasteiger partial charge in [-0.1, -0.05) is 37.3 Å². The van der Waals surface area contributed by atoms with Gasteiger partial charge in [-0.05, 0) is 17.9 Å². The van der Waals surface area contributed by atoms with Crippen LogP contribution < -0.4 is 0 Å². The normalized spacial score (nSPS) is 14.0. The Morgan fingerprint density at radius 2 is 1.71 bits per heavy atom. The van der Waals surface area contributed by atoms with Crippen molar-refractivity contribution < 1.29 is 13.2 Å². The molecule has 0 aromatic heterocycles. The molecule has 0 heterocycles. The Morgan fingerprint density at radius 1 is 1.14 bits per heavy atom. The van der Waals surface area contributed by atoms with Crippen LogP contribution >= 0.6 is 0 Å². The molecule has 14 heavy (non-hydrogen) atoms. The molecule has 0 amide bonds. The van der Waals surface area contributed by atoms with Crippen molar-refractivity contribution >= 4 is 0 Å². The second kappa shape index (κ2) is 4.49. The number of hydrogen-bond acceptors (Lipinski definition) is 0. The molecule has 0 N–H and O–H groups in total. The number of hydrogen-bond donors (Lipinski definition) is 0. The van der Waals surface area contributed by atoms with Crippen LogP contribution in [0.15, 0.2) is 30.3 Å². The maximum Gasteiger partial charge on any atom is 0.389 e. The van der Waals surface area contributed by atoms with Crippen molar-refractivity contribution in [2.75, 3.05) is 0 Å². The van der Waals surface area contributed by atoms with Crippen molar-refractivity contribution in [2.45, 2.75) is 25.9 Å². The summed E-state index contributed by atoms with van der Waals surface area (Å²) in [6.45, 7) is 1.63. The van der Waals surface area contributed by atoms with Crippen molar-refractivity contribution in [1.82, 2.24) is 0 Å². The van der Waals surface area contributed by atoms with Gasteiger partial charge in [-0.3, -0.25) is 0 Å². The molecular formula is C11H13F3. The number of halogens is 3. The van der Waals surface area contributed by atoms with Crippen molar-refractivity contribution in [3.63, 3.8) is 0 Å². The van der Waals surface area contributed by atoms with Crippen LogP contribution in [0, 0.1) is 5.92 Å². The minimum absolute atomic E-state index is 0.350. The van der Waals surface area contributed by atoms with Crippen LogP contribution in [-0.4, -0.2) is 6.18 Å². The first kappa shape index (κ1) is 11.1. The molecule has 0 fully saturated rings. The molecule has 0 saturated heterocycles. The van der Waals surface area contributed by atoms with Gasteiger partial charge < -0.3 is 0 Å². The Morgan fingerprint density at radius 3 is 2.21 bits per heavy atom. The summed E-state index contributed by atoms with van der Waals surface area (Å²) in [5.74, 6) is -0.350. The molecule has 0 aliphatic rings.